The van der Waals surface area contributed by atoms with Gasteiger partial charge in [0.1, 0.15) is 11.9 Å². The van der Waals surface area contributed by atoms with Crippen molar-refractivity contribution >= 4 is 53.9 Å². The number of fused-ring (bicyclic) bond motifs is 25. The van der Waals surface area contributed by atoms with Crippen molar-refractivity contribution in [1.29, 1.82) is 10.5 Å². The van der Waals surface area contributed by atoms with Gasteiger partial charge in [-0.15, -0.1) is 22.7 Å². The Morgan fingerprint density at radius 1 is 0.368 bits per heavy atom. The minimum absolute atomic E-state index is 0.473. The Balaban J connectivity index is 0.000000139. The highest BCUT2D eigenvalue weighted by Gasteiger charge is 2.54. The highest BCUT2D eigenvalue weighted by atomic mass is 32.1. The van der Waals surface area contributed by atoms with Crippen LogP contribution < -0.4 is 0 Å². The van der Waals surface area contributed by atoms with Crippen molar-refractivity contribution in [3.05, 3.63) is 339 Å². The fraction of sp³-hybridized carbons (Fsp3) is 0.0465. The van der Waals surface area contributed by atoms with E-state index in [2.05, 4.69) is 223 Å². The molecule has 4 aliphatic carbocycles. The van der Waals surface area contributed by atoms with Crippen LogP contribution in [0.3, 0.4) is 0 Å². The number of nitriles is 2. The number of para-hydroxylation sites is 2. The third-order valence-corrected chi connectivity index (χ3v) is 22.1. The van der Waals surface area contributed by atoms with E-state index in [4.69, 9.17) is 19.9 Å². The lowest BCUT2D eigenvalue weighted by Gasteiger charge is -2.30. The first-order valence-electron chi connectivity index (χ1n) is 32.0. The smallest absolute Gasteiger partial charge is 0.164 e. The predicted octanol–water partition coefficient (Wildman–Crippen LogP) is 21.0. The fourth-order valence-corrected chi connectivity index (χ4v) is 18.2. The van der Waals surface area contributed by atoms with Gasteiger partial charge in [-0.3, -0.25) is 4.57 Å². The second kappa shape index (κ2) is 21.0. The van der Waals surface area contributed by atoms with Crippen molar-refractivity contribution in [3.63, 3.8) is 0 Å². The fourth-order valence-electron chi connectivity index (χ4n) is 16.3. The molecule has 442 valence electrons. The molecular formula is C86H51N7S2. The second-order valence-electron chi connectivity index (χ2n) is 24.7. The normalized spacial score (nSPS) is 15.3. The van der Waals surface area contributed by atoms with Crippen molar-refractivity contribution in [2.24, 2.45) is 0 Å². The lowest BCUT2D eigenvalue weighted by Crippen LogP contribution is -2.26. The summed E-state index contributed by atoms with van der Waals surface area (Å²) in [5.74, 6) is 2.98. The molecule has 20 rings (SSSR count). The van der Waals surface area contributed by atoms with Crippen LogP contribution in [0.2, 0.25) is 0 Å². The Morgan fingerprint density at radius 2 is 0.842 bits per heavy atom. The lowest BCUT2D eigenvalue weighted by molar-refractivity contribution is 0.791. The standard InChI is InChI=1S/C49H28N4S.C37H23N3S/c50-28-30-19-21-31(22-20-30)38-29-54-43-26-25-41-44(45(38)43)37-16-8-10-18-40(37)49(41)39-17-9-7-15-35(39)36-24-23-34(27-42(36)49)48-52-46(32-11-3-1-4-12-32)51-47(53-48)33-13-5-2-6-14-33;1-2-34-39-31-13-7-8-14-32(31)40(34)23-15-16-25-24-9-3-5-11-27(24)37(30(25)19-23)28-12-6-4-10-26(28)36-29(37)17-18-33-35(36)22(20-38)21-41-33/h1-27,29H;3-19,21H,2H2,1H3. The summed E-state index contributed by atoms with van der Waals surface area (Å²) in [5.41, 5.74) is 28.9. The molecule has 2 unspecified atom stereocenters. The Morgan fingerprint density at radius 3 is 1.43 bits per heavy atom. The number of benzene rings is 12. The second-order valence-corrected chi connectivity index (χ2v) is 26.6. The molecule has 0 N–H and O–H groups in total. The molecular weight excluding hydrogens is 1200 g/mol. The van der Waals surface area contributed by atoms with E-state index >= 15 is 0 Å². The van der Waals surface area contributed by atoms with Crippen LogP contribution in [0.25, 0.3) is 127 Å². The summed E-state index contributed by atoms with van der Waals surface area (Å²) in [6, 6.07) is 99.8. The molecule has 4 aliphatic rings. The van der Waals surface area contributed by atoms with E-state index in [0.29, 0.717) is 23.0 Å². The zero-order valence-electron chi connectivity index (χ0n) is 51.2. The predicted molar refractivity (Wildman–Crippen MR) is 385 cm³/mol. The van der Waals surface area contributed by atoms with Crippen molar-refractivity contribution in [1.82, 2.24) is 24.5 Å². The zero-order chi connectivity index (χ0) is 63.1. The molecule has 0 radical (unpaired) electrons. The number of rotatable bonds is 6. The maximum absolute atomic E-state index is 10.1. The lowest BCUT2D eigenvalue weighted by atomic mass is 9.70. The molecule has 0 bridgehead atoms. The largest absolute Gasteiger partial charge is 0.296 e. The van der Waals surface area contributed by atoms with Gasteiger partial charge in [-0.2, -0.15) is 10.5 Å². The van der Waals surface area contributed by atoms with Gasteiger partial charge >= 0.3 is 0 Å². The Bertz CT molecular complexity index is 5950. The molecule has 0 amide bonds. The summed E-state index contributed by atoms with van der Waals surface area (Å²) < 4.78 is 4.72. The van der Waals surface area contributed by atoms with E-state index in [1.165, 1.54) is 105 Å². The van der Waals surface area contributed by atoms with Crippen molar-refractivity contribution in [2.75, 3.05) is 0 Å². The van der Waals surface area contributed by atoms with Crippen molar-refractivity contribution in [3.8, 4) is 108 Å². The zero-order valence-corrected chi connectivity index (χ0v) is 52.8. The van der Waals surface area contributed by atoms with Gasteiger partial charge in [0, 0.05) is 59.9 Å². The van der Waals surface area contributed by atoms with Gasteiger partial charge in [0.05, 0.1) is 39.1 Å². The molecule has 2 atom stereocenters. The van der Waals surface area contributed by atoms with E-state index in [9.17, 15) is 10.5 Å². The number of thiophene rings is 2. The summed E-state index contributed by atoms with van der Waals surface area (Å²) in [5, 5.41) is 26.2. The third-order valence-electron chi connectivity index (χ3n) is 20.2. The molecule has 0 saturated heterocycles. The number of aromatic nitrogens is 5. The van der Waals surface area contributed by atoms with Gasteiger partial charge < -0.3 is 0 Å². The first-order valence-corrected chi connectivity index (χ1v) is 33.8. The SMILES string of the molecule is CCc1nc2ccccc2n1-c1ccc2c(c1)C1(c3ccccc3-2)c2ccccc2-c2c1ccc1scc(C#N)c21.N#Cc1ccc(-c2csc3ccc4c(c23)-c2ccccc2C42c3ccccc3-c3ccc(-c4nc(-c5ccccc5)nc(-c5ccccc5)n4)cc32)cc1. The van der Waals surface area contributed by atoms with E-state index < -0.39 is 10.8 Å². The summed E-state index contributed by atoms with van der Waals surface area (Å²) in [6.07, 6.45) is 0.843. The number of hydrogen-bond acceptors (Lipinski definition) is 8. The van der Waals surface area contributed by atoms with Crippen LogP contribution in [0.4, 0.5) is 0 Å². The molecule has 9 heteroatoms. The number of imidazole rings is 1. The first-order chi connectivity index (χ1) is 47.0. The highest BCUT2D eigenvalue weighted by molar-refractivity contribution is 7.18. The summed E-state index contributed by atoms with van der Waals surface area (Å²) in [6.45, 7) is 2.17. The van der Waals surface area contributed by atoms with Gasteiger partial charge in [-0.1, -0.05) is 219 Å². The molecule has 16 aromatic rings. The average Bonchev–Trinajstić information content (AvgIpc) is 1.51. The molecule has 0 fully saturated rings. The monoisotopic (exact) mass is 1250 g/mol. The Hall–Kier alpha value is -12.0. The Kier molecular flexibility index (Phi) is 12.1. The topological polar surface area (TPSA) is 104 Å². The summed E-state index contributed by atoms with van der Waals surface area (Å²) >= 11 is 3.43. The van der Waals surface area contributed by atoms with Crippen molar-refractivity contribution in [2.45, 2.75) is 24.2 Å². The molecule has 0 aliphatic heterocycles. The molecule has 0 saturated carbocycles. The molecule has 2 spiro atoms. The maximum atomic E-state index is 10.1. The van der Waals surface area contributed by atoms with Gasteiger partial charge in [0.15, 0.2) is 17.5 Å². The van der Waals surface area contributed by atoms with E-state index in [1.807, 2.05) is 78.2 Å². The van der Waals surface area contributed by atoms with E-state index in [0.717, 1.165) is 66.9 Å². The summed E-state index contributed by atoms with van der Waals surface area (Å²) in [7, 11) is 0. The van der Waals surface area contributed by atoms with Crippen LogP contribution in [0.1, 0.15) is 68.4 Å². The number of hydrogen-bond donors (Lipinski definition) is 0. The van der Waals surface area contributed by atoms with Crippen LogP contribution in [0.15, 0.2) is 278 Å². The molecule has 95 heavy (non-hydrogen) atoms. The van der Waals surface area contributed by atoms with Gasteiger partial charge in [-0.05, 0) is 155 Å². The van der Waals surface area contributed by atoms with Crippen LogP contribution in [-0.2, 0) is 17.3 Å². The summed E-state index contributed by atoms with van der Waals surface area (Å²) in [4.78, 5) is 20.2. The number of nitrogens with zero attached hydrogens (tertiary/aromatic N) is 7. The molecule has 7 nitrogen and oxygen atoms in total. The van der Waals surface area contributed by atoms with Gasteiger partial charge in [0.25, 0.3) is 0 Å². The highest BCUT2D eigenvalue weighted by Crippen LogP contribution is 2.67. The minimum Gasteiger partial charge on any atom is -0.296 e. The molecule has 4 heterocycles. The Labute approximate surface area is 556 Å². The van der Waals surface area contributed by atoms with E-state index in [-0.39, 0.29) is 0 Å². The van der Waals surface area contributed by atoms with Crippen LogP contribution in [0.5, 0.6) is 0 Å². The van der Waals surface area contributed by atoms with Gasteiger partial charge in [-0.25, -0.2) is 19.9 Å². The molecule has 12 aromatic carbocycles. The maximum Gasteiger partial charge on any atom is 0.164 e. The molecule has 4 aromatic heterocycles. The van der Waals surface area contributed by atoms with Gasteiger partial charge in [0.2, 0.25) is 0 Å². The minimum atomic E-state index is -0.552. The number of aryl methyl sites for hydroxylation is 1. The van der Waals surface area contributed by atoms with E-state index in [1.54, 1.807) is 22.7 Å². The quantitative estimate of drug-likeness (QED) is 0.164. The van der Waals surface area contributed by atoms with Crippen LogP contribution in [-0.4, -0.2) is 24.5 Å². The first kappa shape index (κ1) is 54.7. The van der Waals surface area contributed by atoms with Crippen LogP contribution in [0, 0.1) is 22.7 Å². The van der Waals surface area contributed by atoms with Crippen LogP contribution >= 0.6 is 22.7 Å². The van der Waals surface area contributed by atoms with Crippen molar-refractivity contribution < 1.29 is 0 Å². The third kappa shape index (κ3) is 7.71. The average molecular weight is 1250 g/mol.